The summed E-state index contributed by atoms with van der Waals surface area (Å²) in [7, 11) is 0. The molecule has 3 aliphatic rings. The SMILES string of the molecule is O=C(O)C1C2CCC(O2)C1C(=O)N1CCN(c2ccccc2F)CC1. The molecule has 0 saturated carbocycles. The monoisotopic (exact) mass is 348 g/mol. The number of carbonyl (C=O) groups is 2. The Bertz CT molecular complexity index is 689. The highest BCUT2D eigenvalue weighted by Crippen LogP contribution is 2.44. The molecule has 134 valence electrons. The molecule has 0 aliphatic carbocycles. The molecule has 0 radical (unpaired) electrons. The Kier molecular flexibility index (Phi) is 4.11. The van der Waals surface area contributed by atoms with Gasteiger partial charge < -0.3 is 19.6 Å². The van der Waals surface area contributed by atoms with E-state index in [2.05, 4.69) is 0 Å². The number of amides is 1. The minimum absolute atomic E-state index is 0.132. The molecule has 7 heteroatoms. The summed E-state index contributed by atoms with van der Waals surface area (Å²) >= 11 is 0. The highest BCUT2D eigenvalue weighted by atomic mass is 19.1. The van der Waals surface area contributed by atoms with Crippen LogP contribution in [0.3, 0.4) is 0 Å². The number of carbonyl (C=O) groups excluding carboxylic acids is 1. The average molecular weight is 348 g/mol. The first-order valence-corrected chi connectivity index (χ1v) is 8.73. The van der Waals surface area contributed by atoms with Crippen molar-refractivity contribution < 1.29 is 23.8 Å². The number of nitrogens with zero attached hydrogens (tertiary/aromatic N) is 2. The number of rotatable bonds is 3. The van der Waals surface area contributed by atoms with Crippen molar-refractivity contribution in [2.24, 2.45) is 11.8 Å². The summed E-state index contributed by atoms with van der Waals surface area (Å²) in [5, 5.41) is 9.47. The topological polar surface area (TPSA) is 70.1 Å². The quantitative estimate of drug-likeness (QED) is 0.893. The fourth-order valence-electron chi connectivity index (χ4n) is 4.39. The second-order valence-corrected chi connectivity index (χ2v) is 6.94. The number of para-hydroxylation sites is 1. The lowest BCUT2D eigenvalue weighted by Crippen LogP contribution is -2.53. The zero-order valence-electron chi connectivity index (χ0n) is 13.8. The molecule has 4 rings (SSSR count). The summed E-state index contributed by atoms with van der Waals surface area (Å²) in [5.74, 6) is -2.68. The van der Waals surface area contributed by atoms with Gasteiger partial charge in [0.2, 0.25) is 5.91 Å². The minimum atomic E-state index is -0.949. The number of halogens is 1. The molecule has 25 heavy (non-hydrogen) atoms. The van der Waals surface area contributed by atoms with Crippen LogP contribution in [0.2, 0.25) is 0 Å². The Morgan fingerprint density at radius 1 is 1.04 bits per heavy atom. The fourth-order valence-corrected chi connectivity index (χ4v) is 4.39. The highest BCUT2D eigenvalue weighted by Gasteiger charge is 2.56. The lowest BCUT2D eigenvalue weighted by Gasteiger charge is -2.38. The zero-order chi connectivity index (χ0) is 17.6. The Labute approximate surface area is 145 Å². The van der Waals surface area contributed by atoms with Crippen LogP contribution in [0.5, 0.6) is 0 Å². The zero-order valence-corrected chi connectivity index (χ0v) is 13.8. The van der Waals surface area contributed by atoms with Crippen molar-refractivity contribution in [3.8, 4) is 0 Å². The summed E-state index contributed by atoms with van der Waals surface area (Å²) in [5.41, 5.74) is 0.543. The van der Waals surface area contributed by atoms with Gasteiger partial charge in [-0.1, -0.05) is 12.1 Å². The number of carboxylic acid groups (broad SMARTS) is 1. The summed E-state index contributed by atoms with van der Waals surface area (Å²) in [6.45, 7) is 2.00. The van der Waals surface area contributed by atoms with Gasteiger partial charge in [-0.3, -0.25) is 9.59 Å². The van der Waals surface area contributed by atoms with E-state index in [9.17, 15) is 19.1 Å². The summed E-state index contributed by atoms with van der Waals surface area (Å²) in [6, 6.07) is 6.60. The van der Waals surface area contributed by atoms with E-state index in [0.29, 0.717) is 38.3 Å². The van der Waals surface area contributed by atoms with Gasteiger partial charge in [0.1, 0.15) is 5.82 Å². The van der Waals surface area contributed by atoms with Gasteiger partial charge in [0, 0.05) is 26.2 Å². The third kappa shape index (κ3) is 2.76. The molecule has 2 bridgehead atoms. The van der Waals surface area contributed by atoms with Crippen molar-refractivity contribution in [3.63, 3.8) is 0 Å². The Balaban J connectivity index is 1.43. The van der Waals surface area contributed by atoms with Crippen molar-refractivity contribution in [2.75, 3.05) is 31.1 Å². The number of hydrogen-bond acceptors (Lipinski definition) is 4. The Morgan fingerprint density at radius 2 is 1.68 bits per heavy atom. The van der Waals surface area contributed by atoms with Crippen molar-refractivity contribution in [1.29, 1.82) is 0 Å². The molecule has 1 aromatic rings. The number of hydrogen-bond donors (Lipinski definition) is 1. The molecule has 1 amide bonds. The van der Waals surface area contributed by atoms with Gasteiger partial charge >= 0.3 is 5.97 Å². The maximum Gasteiger partial charge on any atom is 0.310 e. The van der Waals surface area contributed by atoms with E-state index in [1.54, 1.807) is 23.1 Å². The highest BCUT2D eigenvalue weighted by molar-refractivity contribution is 5.86. The van der Waals surface area contributed by atoms with E-state index in [4.69, 9.17) is 4.74 Å². The molecule has 0 aromatic heterocycles. The van der Waals surface area contributed by atoms with Crippen LogP contribution in [0.25, 0.3) is 0 Å². The van der Waals surface area contributed by atoms with Crippen molar-refractivity contribution in [3.05, 3.63) is 30.1 Å². The van der Waals surface area contributed by atoms with E-state index >= 15 is 0 Å². The Hall–Kier alpha value is -2.15. The second-order valence-electron chi connectivity index (χ2n) is 6.94. The van der Waals surface area contributed by atoms with Crippen LogP contribution < -0.4 is 4.90 Å². The van der Waals surface area contributed by atoms with Crippen LogP contribution >= 0.6 is 0 Å². The third-order valence-electron chi connectivity index (χ3n) is 5.63. The summed E-state index contributed by atoms with van der Waals surface area (Å²) in [6.07, 6.45) is 0.853. The van der Waals surface area contributed by atoms with E-state index in [1.165, 1.54) is 6.07 Å². The molecule has 0 spiro atoms. The Morgan fingerprint density at radius 3 is 2.32 bits per heavy atom. The largest absolute Gasteiger partial charge is 0.481 e. The molecule has 3 fully saturated rings. The van der Waals surface area contributed by atoms with E-state index < -0.39 is 17.8 Å². The van der Waals surface area contributed by atoms with Crippen LogP contribution in [0.15, 0.2) is 24.3 Å². The molecule has 4 atom stereocenters. The standard InChI is InChI=1S/C18H21FN2O4/c19-11-3-1-2-4-12(11)20-7-9-21(10-8-20)17(22)15-13-5-6-14(25-13)16(15)18(23)24/h1-4,13-16H,5-10H2,(H,23,24). The molecular weight excluding hydrogens is 327 g/mol. The van der Waals surface area contributed by atoms with Gasteiger partial charge in [-0.15, -0.1) is 0 Å². The normalized spacial score (nSPS) is 31.4. The van der Waals surface area contributed by atoms with Gasteiger partial charge in [0.15, 0.2) is 0 Å². The molecule has 1 N–H and O–H groups in total. The third-order valence-corrected chi connectivity index (χ3v) is 5.63. The van der Waals surface area contributed by atoms with Gasteiger partial charge in [-0.2, -0.15) is 0 Å². The van der Waals surface area contributed by atoms with Crippen LogP contribution in [-0.4, -0.2) is 60.3 Å². The lowest BCUT2D eigenvalue weighted by molar-refractivity contribution is -0.151. The van der Waals surface area contributed by atoms with Crippen LogP contribution in [0.1, 0.15) is 12.8 Å². The van der Waals surface area contributed by atoms with Gasteiger partial charge in [-0.05, 0) is 25.0 Å². The maximum atomic E-state index is 13.9. The average Bonchev–Trinajstić information content (AvgIpc) is 3.23. The van der Waals surface area contributed by atoms with Crippen molar-refractivity contribution >= 4 is 17.6 Å². The van der Waals surface area contributed by atoms with Gasteiger partial charge in [0.25, 0.3) is 0 Å². The number of aliphatic carboxylic acids is 1. The van der Waals surface area contributed by atoms with Crippen molar-refractivity contribution in [1.82, 2.24) is 4.90 Å². The lowest BCUT2D eigenvalue weighted by atomic mass is 9.78. The number of carboxylic acids is 1. The smallest absolute Gasteiger partial charge is 0.310 e. The second kappa shape index (κ2) is 6.29. The fraction of sp³-hybridized carbons (Fsp3) is 0.556. The van der Waals surface area contributed by atoms with Gasteiger partial charge in [-0.25, -0.2) is 4.39 Å². The number of fused-ring (bicyclic) bond motifs is 2. The minimum Gasteiger partial charge on any atom is -0.481 e. The summed E-state index contributed by atoms with van der Waals surface area (Å²) in [4.78, 5) is 28.1. The molecule has 3 saturated heterocycles. The first-order valence-electron chi connectivity index (χ1n) is 8.73. The number of anilines is 1. The van der Waals surface area contributed by atoms with E-state index in [-0.39, 0.29) is 23.9 Å². The van der Waals surface area contributed by atoms with E-state index in [0.717, 1.165) is 6.42 Å². The van der Waals surface area contributed by atoms with Crippen LogP contribution in [0, 0.1) is 17.7 Å². The predicted octanol–water partition coefficient (Wildman–Crippen LogP) is 1.35. The molecule has 3 heterocycles. The molecule has 4 unspecified atom stereocenters. The predicted molar refractivity (Wildman–Crippen MR) is 87.7 cm³/mol. The first kappa shape index (κ1) is 16.3. The molecular formula is C18H21FN2O4. The maximum absolute atomic E-state index is 13.9. The number of benzene rings is 1. The van der Waals surface area contributed by atoms with Crippen LogP contribution in [-0.2, 0) is 14.3 Å². The first-order chi connectivity index (χ1) is 12.1. The van der Waals surface area contributed by atoms with Gasteiger partial charge in [0.05, 0.1) is 29.7 Å². The molecule has 3 aliphatic heterocycles. The van der Waals surface area contributed by atoms with E-state index in [1.807, 2.05) is 4.90 Å². The molecule has 6 nitrogen and oxygen atoms in total. The molecule has 1 aromatic carbocycles. The van der Waals surface area contributed by atoms with Crippen LogP contribution in [0.4, 0.5) is 10.1 Å². The number of piperazine rings is 1. The number of ether oxygens (including phenoxy) is 1. The summed E-state index contributed by atoms with van der Waals surface area (Å²) < 4.78 is 19.6. The van der Waals surface area contributed by atoms with Crippen molar-refractivity contribution in [2.45, 2.75) is 25.0 Å².